The summed E-state index contributed by atoms with van der Waals surface area (Å²) in [4.78, 5) is 4.74. The van der Waals surface area contributed by atoms with Gasteiger partial charge in [0.2, 0.25) is 0 Å². The summed E-state index contributed by atoms with van der Waals surface area (Å²) in [5, 5.41) is 11.3. The molecule has 3 rings (SSSR count). The third-order valence-electron chi connectivity index (χ3n) is 4.67. The monoisotopic (exact) mass is 443 g/mol. The van der Waals surface area contributed by atoms with Gasteiger partial charge < -0.3 is 15.1 Å². The molecular formula is C21H26BrN5O. The number of halogens is 1. The number of aryl methyl sites for hydroxylation is 2. The number of hydrogen-bond acceptors (Lipinski definition) is 3. The lowest BCUT2D eigenvalue weighted by molar-refractivity contribution is 0.506. The number of aliphatic imine (C=N–C) groups is 1. The molecule has 0 bridgehead atoms. The zero-order chi connectivity index (χ0) is 19.9. The number of nitrogens with one attached hydrogen (secondary N) is 2. The third-order valence-corrected chi connectivity index (χ3v) is 5.20. The van der Waals surface area contributed by atoms with Gasteiger partial charge in [0, 0.05) is 42.3 Å². The summed E-state index contributed by atoms with van der Waals surface area (Å²) in [5.74, 6) is 1.73. The zero-order valence-corrected chi connectivity index (χ0v) is 18.1. The van der Waals surface area contributed by atoms with E-state index in [9.17, 15) is 0 Å². The van der Waals surface area contributed by atoms with Gasteiger partial charge in [0.05, 0.1) is 18.5 Å². The Bertz CT molecular complexity index is 913. The van der Waals surface area contributed by atoms with Gasteiger partial charge in [0.15, 0.2) is 5.96 Å². The number of furan rings is 1. The van der Waals surface area contributed by atoms with Gasteiger partial charge in [0.1, 0.15) is 5.76 Å². The van der Waals surface area contributed by atoms with Gasteiger partial charge in [-0.25, -0.2) is 4.99 Å². The van der Waals surface area contributed by atoms with Crippen molar-refractivity contribution in [2.45, 2.75) is 33.4 Å². The molecule has 0 amide bonds. The lowest BCUT2D eigenvalue weighted by atomic mass is 10.2. The Balaban J connectivity index is 1.65. The molecule has 7 heteroatoms. The van der Waals surface area contributed by atoms with Crippen LogP contribution in [0.25, 0.3) is 0 Å². The number of aromatic nitrogens is 2. The van der Waals surface area contributed by atoms with Gasteiger partial charge in [-0.2, -0.15) is 5.10 Å². The molecule has 2 heterocycles. The van der Waals surface area contributed by atoms with Crippen molar-refractivity contribution in [2.75, 3.05) is 6.54 Å². The smallest absolute Gasteiger partial charge is 0.191 e. The number of guanidine groups is 1. The van der Waals surface area contributed by atoms with Gasteiger partial charge in [-0.05, 0) is 43.7 Å². The SMILES string of the molecule is Cc1nn(C)c(C)c1CNC(=NCc1ccc(Br)cc1)NCCc1ccco1. The second-order valence-corrected chi connectivity index (χ2v) is 7.59. The van der Waals surface area contributed by atoms with E-state index in [4.69, 9.17) is 9.41 Å². The molecule has 0 fully saturated rings. The number of rotatable bonds is 7. The second kappa shape index (κ2) is 9.59. The lowest BCUT2D eigenvalue weighted by Crippen LogP contribution is -2.38. The van der Waals surface area contributed by atoms with Crippen LogP contribution in [0.2, 0.25) is 0 Å². The molecule has 0 saturated carbocycles. The molecule has 0 saturated heterocycles. The van der Waals surface area contributed by atoms with Crippen LogP contribution in [0.15, 0.2) is 56.5 Å². The summed E-state index contributed by atoms with van der Waals surface area (Å²) >= 11 is 3.47. The average molecular weight is 444 g/mol. The van der Waals surface area contributed by atoms with Crippen LogP contribution in [0.3, 0.4) is 0 Å². The predicted octanol–water partition coefficient (Wildman–Crippen LogP) is 3.87. The highest BCUT2D eigenvalue weighted by atomic mass is 79.9. The molecule has 2 N–H and O–H groups in total. The largest absolute Gasteiger partial charge is 0.469 e. The summed E-state index contributed by atoms with van der Waals surface area (Å²) < 4.78 is 8.38. The maximum atomic E-state index is 5.40. The van der Waals surface area contributed by atoms with Crippen molar-refractivity contribution in [2.24, 2.45) is 12.0 Å². The van der Waals surface area contributed by atoms with Gasteiger partial charge >= 0.3 is 0 Å². The van der Waals surface area contributed by atoms with Crippen LogP contribution >= 0.6 is 15.9 Å². The molecule has 148 valence electrons. The number of benzene rings is 1. The maximum absolute atomic E-state index is 5.40. The fraction of sp³-hybridized carbons (Fsp3) is 0.333. The maximum Gasteiger partial charge on any atom is 0.191 e. The Morgan fingerprint density at radius 3 is 2.61 bits per heavy atom. The van der Waals surface area contributed by atoms with Crippen LogP contribution in [0.1, 0.15) is 28.3 Å². The first kappa shape index (κ1) is 20.2. The highest BCUT2D eigenvalue weighted by Crippen LogP contribution is 2.12. The van der Waals surface area contributed by atoms with E-state index in [0.29, 0.717) is 13.1 Å². The van der Waals surface area contributed by atoms with E-state index in [2.05, 4.69) is 50.7 Å². The lowest BCUT2D eigenvalue weighted by Gasteiger charge is -2.13. The Morgan fingerprint density at radius 1 is 1.18 bits per heavy atom. The summed E-state index contributed by atoms with van der Waals surface area (Å²) in [5.41, 5.74) is 4.55. The van der Waals surface area contributed by atoms with Crippen molar-refractivity contribution in [3.8, 4) is 0 Å². The fourth-order valence-corrected chi connectivity index (χ4v) is 3.20. The molecule has 28 heavy (non-hydrogen) atoms. The minimum absolute atomic E-state index is 0.606. The van der Waals surface area contributed by atoms with E-state index in [-0.39, 0.29) is 0 Å². The number of nitrogens with zero attached hydrogens (tertiary/aromatic N) is 3. The van der Waals surface area contributed by atoms with E-state index >= 15 is 0 Å². The topological polar surface area (TPSA) is 67.4 Å². The van der Waals surface area contributed by atoms with Crippen LogP contribution < -0.4 is 10.6 Å². The van der Waals surface area contributed by atoms with E-state index in [1.54, 1.807) is 6.26 Å². The summed E-state index contributed by atoms with van der Waals surface area (Å²) in [6.45, 7) is 6.14. The van der Waals surface area contributed by atoms with Gasteiger partial charge in [0.25, 0.3) is 0 Å². The Kier molecular flexibility index (Phi) is 6.92. The third kappa shape index (κ3) is 5.48. The number of hydrogen-bond donors (Lipinski definition) is 2. The minimum Gasteiger partial charge on any atom is -0.469 e. The van der Waals surface area contributed by atoms with Crippen molar-refractivity contribution >= 4 is 21.9 Å². The first-order chi connectivity index (χ1) is 13.5. The first-order valence-corrected chi connectivity index (χ1v) is 10.1. The molecular weight excluding hydrogens is 418 g/mol. The van der Waals surface area contributed by atoms with Crippen molar-refractivity contribution in [3.05, 3.63) is 75.4 Å². The van der Waals surface area contributed by atoms with E-state index in [1.807, 2.05) is 42.9 Å². The summed E-state index contributed by atoms with van der Waals surface area (Å²) in [7, 11) is 1.97. The van der Waals surface area contributed by atoms with Crippen molar-refractivity contribution in [1.29, 1.82) is 0 Å². The molecule has 1 aromatic carbocycles. The van der Waals surface area contributed by atoms with Gasteiger partial charge in [-0.3, -0.25) is 4.68 Å². The normalized spacial score (nSPS) is 11.6. The summed E-state index contributed by atoms with van der Waals surface area (Å²) in [6.07, 6.45) is 2.50. The van der Waals surface area contributed by atoms with Crippen LogP contribution in [0.4, 0.5) is 0 Å². The standard InChI is InChI=1S/C21H26BrN5O/c1-15-20(16(2)27(3)26-15)14-25-21(23-11-10-19-5-4-12-28-19)24-13-17-6-8-18(22)9-7-17/h4-9,12H,10-11,13-14H2,1-3H3,(H2,23,24,25). The highest BCUT2D eigenvalue weighted by Gasteiger charge is 2.10. The Hall–Kier alpha value is -2.54. The van der Waals surface area contributed by atoms with Crippen LogP contribution in [0.5, 0.6) is 0 Å². The molecule has 2 aromatic heterocycles. The van der Waals surface area contributed by atoms with E-state index in [0.717, 1.165) is 46.1 Å². The average Bonchev–Trinajstić information content (AvgIpc) is 3.27. The Labute approximate surface area is 174 Å². The summed E-state index contributed by atoms with van der Waals surface area (Å²) in [6, 6.07) is 12.1. The molecule has 0 radical (unpaired) electrons. The molecule has 3 aromatic rings. The quantitative estimate of drug-likeness (QED) is 0.429. The Morgan fingerprint density at radius 2 is 1.96 bits per heavy atom. The first-order valence-electron chi connectivity index (χ1n) is 9.31. The molecule has 6 nitrogen and oxygen atoms in total. The van der Waals surface area contributed by atoms with Gasteiger partial charge in [-0.1, -0.05) is 28.1 Å². The molecule has 0 spiro atoms. The molecule has 0 unspecified atom stereocenters. The van der Waals surface area contributed by atoms with E-state index < -0.39 is 0 Å². The van der Waals surface area contributed by atoms with Crippen LogP contribution in [-0.2, 0) is 26.6 Å². The zero-order valence-electron chi connectivity index (χ0n) is 16.5. The van der Waals surface area contributed by atoms with E-state index in [1.165, 1.54) is 5.56 Å². The predicted molar refractivity (Wildman–Crippen MR) is 115 cm³/mol. The van der Waals surface area contributed by atoms with Gasteiger partial charge in [-0.15, -0.1) is 0 Å². The molecule has 0 aliphatic heterocycles. The van der Waals surface area contributed by atoms with Crippen molar-refractivity contribution < 1.29 is 4.42 Å². The fourth-order valence-electron chi connectivity index (χ4n) is 2.94. The molecule has 0 aliphatic rings. The van der Waals surface area contributed by atoms with Crippen LogP contribution in [0, 0.1) is 13.8 Å². The molecule has 0 aliphatic carbocycles. The van der Waals surface area contributed by atoms with Crippen molar-refractivity contribution in [3.63, 3.8) is 0 Å². The second-order valence-electron chi connectivity index (χ2n) is 6.67. The minimum atomic E-state index is 0.606. The highest BCUT2D eigenvalue weighted by molar-refractivity contribution is 9.10. The van der Waals surface area contributed by atoms with Crippen molar-refractivity contribution in [1.82, 2.24) is 20.4 Å². The van der Waals surface area contributed by atoms with Crippen LogP contribution in [-0.4, -0.2) is 22.3 Å². The molecule has 0 atom stereocenters.